The van der Waals surface area contributed by atoms with Crippen LogP contribution in [-0.2, 0) is 7.05 Å². The van der Waals surface area contributed by atoms with Crippen molar-refractivity contribution in [2.45, 2.75) is 25.8 Å². The van der Waals surface area contributed by atoms with Crippen LogP contribution in [0.15, 0.2) is 18.3 Å². The Hall–Kier alpha value is -1.00. The fourth-order valence-electron chi connectivity index (χ4n) is 2.43. The maximum absolute atomic E-state index is 12.5. The highest BCUT2D eigenvalue weighted by atomic mass is 35.5. The molecule has 0 bridgehead atoms. The number of hydrogen-bond acceptors (Lipinski definition) is 2. The largest absolute Gasteiger partial charge is 0.347 e. The van der Waals surface area contributed by atoms with Crippen molar-refractivity contribution in [3.63, 3.8) is 0 Å². The molecule has 5 heteroatoms. The number of rotatable bonds is 4. The summed E-state index contributed by atoms with van der Waals surface area (Å²) in [6, 6.07) is 4.18. The van der Waals surface area contributed by atoms with E-state index in [2.05, 4.69) is 12.2 Å². The highest BCUT2D eigenvalue weighted by Gasteiger charge is 2.27. The molecule has 102 valence electrons. The molecule has 0 radical (unpaired) electrons. The van der Waals surface area contributed by atoms with Crippen LogP contribution in [0.25, 0.3) is 0 Å². The van der Waals surface area contributed by atoms with Gasteiger partial charge in [-0.1, -0.05) is 6.92 Å². The van der Waals surface area contributed by atoms with Gasteiger partial charge in [-0.25, -0.2) is 0 Å². The topological polar surface area (TPSA) is 37.3 Å². The third-order valence-electron chi connectivity index (χ3n) is 3.36. The minimum Gasteiger partial charge on any atom is -0.347 e. The summed E-state index contributed by atoms with van der Waals surface area (Å²) >= 11 is 0. The maximum Gasteiger partial charge on any atom is 0.270 e. The molecular formula is C13H22ClN3O. The highest BCUT2D eigenvalue weighted by Crippen LogP contribution is 2.14. The van der Waals surface area contributed by atoms with E-state index in [4.69, 9.17) is 0 Å². The highest BCUT2D eigenvalue weighted by molar-refractivity contribution is 5.93. The third-order valence-corrected chi connectivity index (χ3v) is 3.36. The molecule has 1 saturated heterocycles. The van der Waals surface area contributed by atoms with E-state index in [1.807, 2.05) is 34.8 Å². The SMILES string of the molecule is CCCN(C(=O)c1cccn1C)C1CCNC1.Cl. The molecular weight excluding hydrogens is 250 g/mol. The second-order valence-electron chi connectivity index (χ2n) is 4.65. The Morgan fingerprint density at radius 2 is 2.39 bits per heavy atom. The molecule has 2 rings (SSSR count). The van der Waals surface area contributed by atoms with Gasteiger partial charge in [-0.15, -0.1) is 12.4 Å². The second kappa shape index (κ2) is 6.81. The summed E-state index contributed by atoms with van der Waals surface area (Å²) < 4.78 is 1.90. The van der Waals surface area contributed by atoms with Crippen LogP contribution in [0.2, 0.25) is 0 Å². The van der Waals surface area contributed by atoms with Gasteiger partial charge in [-0.2, -0.15) is 0 Å². The molecule has 1 N–H and O–H groups in total. The number of amides is 1. The number of halogens is 1. The van der Waals surface area contributed by atoms with E-state index in [1.165, 1.54) is 0 Å². The summed E-state index contributed by atoms with van der Waals surface area (Å²) in [5.74, 6) is 0.160. The second-order valence-corrected chi connectivity index (χ2v) is 4.65. The minimum atomic E-state index is 0. The van der Waals surface area contributed by atoms with Crippen molar-refractivity contribution in [2.24, 2.45) is 7.05 Å². The molecule has 1 aliphatic rings. The zero-order valence-corrected chi connectivity index (χ0v) is 11.9. The van der Waals surface area contributed by atoms with Crippen LogP contribution in [0.1, 0.15) is 30.3 Å². The van der Waals surface area contributed by atoms with E-state index in [9.17, 15) is 4.79 Å². The van der Waals surface area contributed by atoms with E-state index in [-0.39, 0.29) is 18.3 Å². The Morgan fingerprint density at radius 3 is 2.89 bits per heavy atom. The van der Waals surface area contributed by atoms with Gasteiger partial charge < -0.3 is 14.8 Å². The van der Waals surface area contributed by atoms with Crippen LogP contribution in [-0.4, -0.2) is 41.1 Å². The van der Waals surface area contributed by atoms with Gasteiger partial charge in [-0.05, 0) is 31.5 Å². The van der Waals surface area contributed by atoms with Crippen molar-refractivity contribution in [1.82, 2.24) is 14.8 Å². The third kappa shape index (κ3) is 3.06. The van der Waals surface area contributed by atoms with Crippen LogP contribution < -0.4 is 5.32 Å². The molecule has 1 amide bonds. The predicted octanol–water partition coefficient (Wildman–Crippen LogP) is 1.66. The summed E-state index contributed by atoms with van der Waals surface area (Å²) in [6.07, 6.45) is 3.99. The van der Waals surface area contributed by atoms with Crippen molar-refractivity contribution in [2.75, 3.05) is 19.6 Å². The lowest BCUT2D eigenvalue weighted by molar-refractivity contribution is 0.0682. The number of carbonyl (C=O) groups excluding carboxylic acids is 1. The molecule has 0 aromatic carbocycles. The molecule has 1 aromatic rings. The van der Waals surface area contributed by atoms with Gasteiger partial charge in [-0.3, -0.25) is 4.79 Å². The number of carbonyl (C=O) groups is 1. The predicted molar refractivity (Wildman–Crippen MR) is 75.3 cm³/mol. The quantitative estimate of drug-likeness (QED) is 0.904. The molecule has 1 unspecified atom stereocenters. The van der Waals surface area contributed by atoms with E-state index >= 15 is 0 Å². The first-order valence-electron chi connectivity index (χ1n) is 6.37. The standard InChI is InChI=1S/C13H21N3O.ClH/c1-3-8-16(11-6-7-14-10-11)13(17)12-5-4-9-15(12)2;/h4-5,9,11,14H,3,6-8,10H2,1-2H3;1H. The Labute approximate surface area is 115 Å². The molecule has 1 aliphatic heterocycles. The van der Waals surface area contributed by atoms with Crippen LogP contribution in [0, 0.1) is 0 Å². The van der Waals surface area contributed by atoms with Gasteiger partial charge in [0, 0.05) is 32.4 Å². The Balaban J connectivity index is 0.00000162. The fraction of sp³-hybridized carbons (Fsp3) is 0.615. The molecule has 1 atom stereocenters. The molecule has 1 fully saturated rings. The number of hydrogen-bond donors (Lipinski definition) is 1. The lowest BCUT2D eigenvalue weighted by Crippen LogP contribution is -2.42. The number of aryl methyl sites for hydroxylation is 1. The molecule has 2 heterocycles. The first kappa shape index (κ1) is 15.1. The number of nitrogens with one attached hydrogen (secondary N) is 1. The summed E-state index contributed by atoms with van der Waals surface area (Å²) in [4.78, 5) is 14.5. The van der Waals surface area contributed by atoms with Crippen molar-refractivity contribution in [1.29, 1.82) is 0 Å². The zero-order valence-electron chi connectivity index (χ0n) is 11.1. The Kier molecular flexibility index (Phi) is 5.69. The van der Waals surface area contributed by atoms with E-state index in [0.29, 0.717) is 6.04 Å². The molecule has 18 heavy (non-hydrogen) atoms. The maximum atomic E-state index is 12.5. The van der Waals surface area contributed by atoms with Gasteiger partial charge in [0.1, 0.15) is 5.69 Å². The minimum absolute atomic E-state index is 0. The van der Waals surface area contributed by atoms with E-state index in [1.54, 1.807) is 0 Å². The molecule has 0 aliphatic carbocycles. The first-order chi connectivity index (χ1) is 8.24. The average Bonchev–Trinajstić information content (AvgIpc) is 2.95. The van der Waals surface area contributed by atoms with Crippen molar-refractivity contribution < 1.29 is 4.79 Å². The fourth-order valence-corrected chi connectivity index (χ4v) is 2.43. The van der Waals surface area contributed by atoms with Crippen molar-refractivity contribution >= 4 is 18.3 Å². The van der Waals surface area contributed by atoms with Gasteiger partial charge in [0.25, 0.3) is 5.91 Å². The summed E-state index contributed by atoms with van der Waals surface area (Å²) in [6.45, 7) is 4.91. The van der Waals surface area contributed by atoms with Crippen LogP contribution >= 0.6 is 12.4 Å². The molecule has 0 saturated carbocycles. The number of nitrogens with zero attached hydrogens (tertiary/aromatic N) is 2. The zero-order chi connectivity index (χ0) is 12.3. The summed E-state index contributed by atoms with van der Waals surface area (Å²) in [5.41, 5.74) is 0.783. The molecule has 4 nitrogen and oxygen atoms in total. The van der Waals surface area contributed by atoms with Crippen molar-refractivity contribution in [3.8, 4) is 0 Å². The van der Waals surface area contributed by atoms with Gasteiger partial charge in [0.15, 0.2) is 0 Å². The summed E-state index contributed by atoms with van der Waals surface area (Å²) in [7, 11) is 1.92. The average molecular weight is 272 g/mol. The lowest BCUT2D eigenvalue weighted by Gasteiger charge is -2.28. The Bertz CT molecular complexity index is 385. The summed E-state index contributed by atoms with van der Waals surface area (Å²) in [5, 5.41) is 3.33. The van der Waals surface area contributed by atoms with Crippen LogP contribution in [0.3, 0.4) is 0 Å². The van der Waals surface area contributed by atoms with E-state index in [0.717, 1.165) is 38.2 Å². The monoisotopic (exact) mass is 271 g/mol. The van der Waals surface area contributed by atoms with Gasteiger partial charge in [0.2, 0.25) is 0 Å². The lowest BCUT2D eigenvalue weighted by atomic mass is 10.2. The van der Waals surface area contributed by atoms with Gasteiger partial charge >= 0.3 is 0 Å². The molecule has 0 spiro atoms. The number of aromatic nitrogens is 1. The Morgan fingerprint density at radius 1 is 1.61 bits per heavy atom. The van der Waals surface area contributed by atoms with Crippen molar-refractivity contribution in [3.05, 3.63) is 24.0 Å². The van der Waals surface area contributed by atoms with E-state index < -0.39 is 0 Å². The van der Waals surface area contributed by atoms with Crippen LogP contribution in [0.5, 0.6) is 0 Å². The normalized spacial score (nSPS) is 18.4. The van der Waals surface area contributed by atoms with Gasteiger partial charge in [0.05, 0.1) is 0 Å². The van der Waals surface area contributed by atoms with Crippen LogP contribution in [0.4, 0.5) is 0 Å². The first-order valence-corrected chi connectivity index (χ1v) is 6.37. The smallest absolute Gasteiger partial charge is 0.270 e. The molecule has 1 aromatic heterocycles.